The summed E-state index contributed by atoms with van der Waals surface area (Å²) in [6.07, 6.45) is 2.15. The molecule has 2 aromatic rings. The summed E-state index contributed by atoms with van der Waals surface area (Å²) < 4.78 is 0. The number of thioether (sulfide) groups is 1. The molecule has 0 N–H and O–H groups in total. The molecule has 0 saturated heterocycles. The SMILES string of the molecule is CCCCN(C)C(=O)c1ccc(SCc2csc(C)n2)cc1. The Labute approximate surface area is 140 Å². The smallest absolute Gasteiger partial charge is 0.253 e. The van der Waals surface area contributed by atoms with Gasteiger partial charge in [0.25, 0.3) is 5.91 Å². The van der Waals surface area contributed by atoms with Gasteiger partial charge in [-0.05, 0) is 37.6 Å². The van der Waals surface area contributed by atoms with Crippen LogP contribution in [0.3, 0.4) is 0 Å². The van der Waals surface area contributed by atoms with Crippen molar-refractivity contribution in [1.82, 2.24) is 9.88 Å². The van der Waals surface area contributed by atoms with Gasteiger partial charge in [-0.25, -0.2) is 4.98 Å². The first kappa shape index (κ1) is 17.0. The monoisotopic (exact) mass is 334 g/mol. The largest absolute Gasteiger partial charge is 0.342 e. The molecule has 0 aliphatic heterocycles. The van der Waals surface area contributed by atoms with E-state index >= 15 is 0 Å². The predicted molar refractivity (Wildman–Crippen MR) is 94.7 cm³/mol. The number of aromatic nitrogens is 1. The number of unbranched alkanes of at least 4 members (excludes halogenated alkanes) is 1. The van der Waals surface area contributed by atoms with Gasteiger partial charge in [-0.1, -0.05) is 13.3 Å². The molecular formula is C17H22N2OS2. The van der Waals surface area contributed by atoms with E-state index in [4.69, 9.17) is 0 Å². The summed E-state index contributed by atoms with van der Waals surface area (Å²) in [6.45, 7) is 4.97. The third-order valence-electron chi connectivity index (χ3n) is 3.35. The zero-order valence-corrected chi connectivity index (χ0v) is 15.0. The summed E-state index contributed by atoms with van der Waals surface area (Å²) >= 11 is 3.43. The molecule has 1 amide bonds. The van der Waals surface area contributed by atoms with Gasteiger partial charge in [0.2, 0.25) is 0 Å². The Hall–Kier alpha value is -1.33. The summed E-state index contributed by atoms with van der Waals surface area (Å²) in [7, 11) is 1.87. The van der Waals surface area contributed by atoms with Crippen molar-refractivity contribution in [3.8, 4) is 0 Å². The molecule has 5 heteroatoms. The molecule has 1 aromatic heterocycles. The van der Waals surface area contributed by atoms with Crippen LogP contribution in [-0.2, 0) is 5.75 Å². The Morgan fingerprint density at radius 2 is 2.05 bits per heavy atom. The van der Waals surface area contributed by atoms with E-state index in [-0.39, 0.29) is 5.91 Å². The normalized spacial score (nSPS) is 10.7. The van der Waals surface area contributed by atoms with Crippen molar-refractivity contribution < 1.29 is 4.79 Å². The average Bonchev–Trinajstić information content (AvgIpc) is 2.96. The van der Waals surface area contributed by atoms with Gasteiger partial charge in [-0.3, -0.25) is 4.79 Å². The molecule has 0 aliphatic carbocycles. The molecule has 1 heterocycles. The van der Waals surface area contributed by atoms with Gasteiger partial charge in [-0.2, -0.15) is 0 Å². The van der Waals surface area contributed by atoms with Crippen molar-refractivity contribution in [2.75, 3.05) is 13.6 Å². The van der Waals surface area contributed by atoms with E-state index in [0.717, 1.165) is 41.4 Å². The lowest BCUT2D eigenvalue weighted by atomic mass is 10.2. The van der Waals surface area contributed by atoms with Crippen molar-refractivity contribution in [3.05, 3.63) is 45.9 Å². The van der Waals surface area contributed by atoms with Gasteiger partial charge < -0.3 is 4.90 Å². The number of hydrogen-bond donors (Lipinski definition) is 0. The number of hydrogen-bond acceptors (Lipinski definition) is 4. The number of rotatable bonds is 7. The molecule has 0 fully saturated rings. The summed E-state index contributed by atoms with van der Waals surface area (Å²) in [6, 6.07) is 7.87. The van der Waals surface area contributed by atoms with Gasteiger partial charge in [0, 0.05) is 35.2 Å². The van der Waals surface area contributed by atoms with Crippen LogP contribution >= 0.6 is 23.1 Å². The number of aryl methyl sites for hydroxylation is 1. The maximum absolute atomic E-state index is 12.3. The van der Waals surface area contributed by atoms with Crippen molar-refractivity contribution in [3.63, 3.8) is 0 Å². The summed E-state index contributed by atoms with van der Waals surface area (Å²) in [4.78, 5) is 19.7. The number of amides is 1. The fourth-order valence-corrected chi connectivity index (χ4v) is 3.55. The van der Waals surface area contributed by atoms with E-state index < -0.39 is 0 Å². The number of carbonyl (C=O) groups excluding carboxylic acids is 1. The summed E-state index contributed by atoms with van der Waals surface area (Å²) in [5.74, 6) is 0.966. The van der Waals surface area contributed by atoms with Crippen molar-refractivity contribution in [1.29, 1.82) is 0 Å². The molecule has 2 rings (SSSR count). The number of thiazole rings is 1. The number of carbonyl (C=O) groups is 1. The lowest BCUT2D eigenvalue weighted by Crippen LogP contribution is -2.27. The van der Waals surface area contributed by atoms with Crippen LogP contribution in [0.15, 0.2) is 34.5 Å². The highest BCUT2D eigenvalue weighted by atomic mass is 32.2. The van der Waals surface area contributed by atoms with Crippen LogP contribution in [0.2, 0.25) is 0 Å². The van der Waals surface area contributed by atoms with E-state index in [0.29, 0.717) is 0 Å². The van der Waals surface area contributed by atoms with E-state index in [9.17, 15) is 4.79 Å². The van der Waals surface area contributed by atoms with Crippen molar-refractivity contribution in [2.45, 2.75) is 37.3 Å². The van der Waals surface area contributed by atoms with E-state index in [1.807, 2.05) is 38.2 Å². The van der Waals surface area contributed by atoms with Crippen LogP contribution < -0.4 is 0 Å². The van der Waals surface area contributed by atoms with Gasteiger partial charge in [0.05, 0.1) is 10.7 Å². The number of nitrogens with zero attached hydrogens (tertiary/aromatic N) is 2. The highest BCUT2D eigenvalue weighted by molar-refractivity contribution is 7.98. The Morgan fingerprint density at radius 1 is 1.32 bits per heavy atom. The molecular weight excluding hydrogens is 312 g/mol. The van der Waals surface area contributed by atoms with Crippen LogP contribution in [0.4, 0.5) is 0 Å². The van der Waals surface area contributed by atoms with Crippen LogP contribution in [0, 0.1) is 6.92 Å². The van der Waals surface area contributed by atoms with Crippen LogP contribution in [0.5, 0.6) is 0 Å². The van der Waals surface area contributed by atoms with E-state index in [2.05, 4.69) is 17.3 Å². The Balaban J connectivity index is 1.90. The quantitative estimate of drug-likeness (QED) is 0.693. The second kappa shape index (κ2) is 8.34. The highest BCUT2D eigenvalue weighted by Gasteiger charge is 2.11. The average molecular weight is 335 g/mol. The molecule has 0 aliphatic rings. The lowest BCUT2D eigenvalue weighted by Gasteiger charge is -2.16. The first-order chi connectivity index (χ1) is 10.6. The van der Waals surface area contributed by atoms with Crippen molar-refractivity contribution >= 4 is 29.0 Å². The minimum atomic E-state index is 0.0973. The number of benzene rings is 1. The first-order valence-corrected chi connectivity index (χ1v) is 9.36. The Bertz CT molecular complexity index is 607. The topological polar surface area (TPSA) is 33.2 Å². The standard InChI is InChI=1S/C17H22N2OS2/c1-4-5-10-19(3)17(20)14-6-8-16(9-7-14)22-12-15-11-21-13(2)18-15/h6-9,11H,4-5,10,12H2,1-3H3. The molecule has 0 atom stereocenters. The molecule has 0 bridgehead atoms. The second-order valence-electron chi connectivity index (χ2n) is 5.25. The second-order valence-corrected chi connectivity index (χ2v) is 7.36. The predicted octanol–water partition coefficient (Wildman–Crippen LogP) is 4.62. The zero-order valence-electron chi connectivity index (χ0n) is 13.3. The van der Waals surface area contributed by atoms with Crippen LogP contribution in [0.25, 0.3) is 0 Å². The van der Waals surface area contributed by atoms with Gasteiger partial charge in [0.15, 0.2) is 0 Å². The van der Waals surface area contributed by atoms with E-state index in [1.165, 1.54) is 4.90 Å². The Kier molecular flexibility index (Phi) is 6.46. The fourth-order valence-electron chi connectivity index (χ4n) is 2.04. The maximum Gasteiger partial charge on any atom is 0.253 e. The first-order valence-electron chi connectivity index (χ1n) is 7.49. The summed E-state index contributed by atoms with van der Waals surface area (Å²) in [5.41, 5.74) is 1.87. The van der Waals surface area contributed by atoms with Crippen LogP contribution in [0.1, 0.15) is 40.8 Å². The molecule has 0 radical (unpaired) electrons. The van der Waals surface area contributed by atoms with Gasteiger partial charge in [-0.15, -0.1) is 23.1 Å². The minimum absolute atomic E-state index is 0.0973. The third-order valence-corrected chi connectivity index (χ3v) is 5.22. The van der Waals surface area contributed by atoms with Crippen LogP contribution in [-0.4, -0.2) is 29.4 Å². The Morgan fingerprint density at radius 3 is 2.64 bits per heavy atom. The van der Waals surface area contributed by atoms with Gasteiger partial charge in [0.1, 0.15) is 0 Å². The highest BCUT2D eigenvalue weighted by Crippen LogP contribution is 2.24. The third kappa shape index (κ3) is 4.85. The molecule has 0 spiro atoms. The molecule has 1 aromatic carbocycles. The zero-order chi connectivity index (χ0) is 15.9. The molecule has 22 heavy (non-hydrogen) atoms. The van der Waals surface area contributed by atoms with Crippen molar-refractivity contribution in [2.24, 2.45) is 0 Å². The molecule has 3 nitrogen and oxygen atoms in total. The molecule has 0 unspecified atom stereocenters. The maximum atomic E-state index is 12.3. The lowest BCUT2D eigenvalue weighted by molar-refractivity contribution is 0.0793. The molecule has 118 valence electrons. The fraction of sp³-hybridized carbons (Fsp3) is 0.412. The minimum Gasteiger partial charge on any atom is -0.342 e. The summed E-state index contributed by atoms with van der Waals surface area (Å²) in [5, 5.41) is 3.20. The van der Waals surface area contributed by atoms with E-state index in [1.54, 1.807) is 28.0 Å². The van der Waals surface area contributed by atoms with Gasteiger partial charge >= 0.3 is 0 Å². The molecule has 0 saturated carbocycles.